The van der Waals surface area contributed by atoms with Crippen molar-refractivity contribution >= 4 is 26.8 Å². The Morgan fingerprint density at radius 2 is 2.06 bits per heavy atom. The SMILES string of the molecule is CCn1c(C(C)(C)O)cc2c(Br)cccc21. The summed E-state index contributed by atoms with van der Waals surface area (Å²) in [6, 6.07) is 8.19. The lowest BCUT2D eigenvalue weighted by Crippen LogP contribution is -2.20. The zero-order valence-electron chi connectivity index (χ0n) is 9.79. The Morgan fingerprint density at radius 3 is 2.62 bits per heavy atom. The summed E-state index contributed by atoms with van der Waals surface area (Å²) in [6.45, 7) is 6.59. The van der Waals surface area contributed by atoms with E-state index in [0.29, 0.717) is 0 Å². The van der Waals surface area contributed by atoms with Gasteiger partial charge in [-0.25, -0.2) is 0 Å². The average Bonchev–Trinajstić information content (AvgIpc) is 2.57. The van der Waals surface area contributed by atoms with Gasteiger partial charge in [0.25, 0.3) is 0 Å². The fraction of sp³-hybridized carbons (Fsp3) is 0.385. The van der Waals surface area contributed by atoms with Crippen LogP contribution in [-0.2, 0) is 12.1 Å². The van der Waals surface area contributed by atoms with E-state index in [1.54, 1.807) is 0 Å². The topological polar surface area (TPSA) is 25.2 Å². The second kappa shape index (κ2) is 3.90. The van der Waals surface area contributed by atoms with E-state index in [2.05, 4.69) is 39.6 Å². The zero-order valence-corrected chi connectivity index (χ0v) is 11.4. The van der Waals surface area contributed by atoms with E-state index in [9.17, 15) is 5.11 Å². The van der Waals surface area contributed by atoms with Gasteiger partial charge in [-0.15, -0.1) is 0 Å². The molecule has 0 aliphatic rings. The van der Waals surface area contributed by atoms with Crippen LogP contribution in [0.3, 0.4) is 0 Å². The Kier molecular flexibility index (Phi) is 2.84. The number of hydrogen-bond acceptors (Lipinski definition) is 1. The van der Waals surface area contributed by atoms with Crippen LogP contribution in [0.15, 0.2) is 28.7 Å². The van der Waals surface area contributed by atoms with Crippen molar-refractivity contribution in [3.8, 4) is 0 Å². The molecule has 1 aromatic heterocycles. The molecule has 0 fully saturated rings. The molecular weight excluding hydrogens is 266 g/mol. The smallest absolute Gasteiger partial charge is 0.0989 e. The number of aliphatic hydroxyl groups is 1. The molecule has 0 bridgehead atoms. The van der Waals surface area contributed by atoms with Gasteiger partial charge in [0.05, 0.1) is 11.3 Å². The number of hydrogen-bond donors (Lipinski definition) is 1. The molecule has 0 atom stereocenters. The Balaban J connectivity index is 2.81. The number of halogens is 1. The molecule has 2 aromatic rings. The van der Waals surface area contributed by atoms with Crippen LogP contribution in [0.2, 0.25) is 0 Å². The highest BCUT2D eigenvalue weighted by Crippen LogP contribution is 2.32. The van der Waals surface area contributed by atoms with Gasteiger partial charge in [0, 0.05) is 21.9 Å². The highest BCUT2D eigenvalue weighted by molar-refractivity contribution is 9.10. The number of nitrogens with zero attached hydrogens (tertiary/aromatic N) is 1. The van der Waals surface area contributed by atoms with Gasteiger partial charge in [0.15, 0.2) is 0 Å². The van der Waals surface area contributed by atoms with Crippen molar-refractivity contribution in [2.75, 3.05) is 0 Å². The molecule has 16 heavy (non-hydrogen) atoms. The van der Waals surface area contributed by atoms with Crippen LogP contribution in [0, 0.1) is 0 Å². The van der Waals surface area contributed by atoms with Crippen molar-refractivity contribution < 1.29 is 5.11 Å². The second-order valence-corrected chi connectivity index (χ2v) is 5.36. The fourth-order valence-corrected chi connectivity index (χ4v) is 2.57. The van der Waals surface area contributed by atoms with Crippen LogP contribution in [0.25, 0.3) is 10.9 Å². The van der Waals surface area contributed by atoms with E-state index in [4.69, 9.17) is 0 Å². The summed E-state index contributed by atoms with van der Waals surface area (Å²) < 4.78 is 3.22. The molecule has 3 heteroatoms. The summed E-state index contributed by atoms with van der Waals surface area (Å²) in [4.78, 5) is 0. The molecular formula is C13H16BrNO. The summed E-state index contributed by atoms with van der Waals surface area (Å²) in [6.07, 6.45) is 0. The Hall–Kier alpha value is -0.800. The third kappa shape index (κ3) is 1.78. The van der Waals surface area contributed by atoms with Crippen LogP contribution in [0.5, 0.6) is 0 Å². The van der Waals surface area contributed by atoms with Crippen molar-refractivity contribution in [1.82, 2.24) is 4.57 Å². The van der Waals surface area contributed by atoms with E-state index >= 15 is 0 Å². The van der Waals surface area contributed by atoms with E-state index in [-0.39, 0.29) is 0 Å². The van der Waals surface area contributed by atoms with Crippen LogP contribution in [-0.4, -0.2) is 9.67 Å². The molecule has 0 spiro atoms. The number of aryl methyl sites for hydroxylation is 1. The van der Waals surface area contributed by atoms with Gasteiger partial charge in [-0.05, 0) is 39.0 Å². The van der Waals surface area contributed by atoms with Crippen LogP contribution >= 0.6 is 15.9 Å². The molecule has 1 aromatic carbocycles. The fourth-order valence-electron chi connectivity index (χ4n) is 2.10. The van der Waals surface area contributed by atoms with Crippen molar-refractivity contribution in [2.45, 2.75) is 32.9 Å². The van der Waals surface area contributed by atoms with Gasteiger partial charge in [0.1, 0.15) is 0 Å². The highest BCUT2D eigenvalue weighted by Gasteiger charge is 2.22. The van der Waals surface area contributed by atoms with E-state index in [1.165, 1.54) is 0 Å². The zero-order chi connectivity index (χ0) is 11.9. The lowest BCUT2D eigenvalue weighted by molar-refractivity contribution is 0.0704. The molecule has 1 heterocycles. The summed E-state index contributed by atoms with van der Waals surface area (Å²) in [5.74, 6) is 0. The van der Waals surface area contributed by atoms with Crippen LogP contribution < -0.4 is 0 Å². The lowest BCUT2D eigenvalue weighted by atomic mass is 10.1. The first-order chi connectivity index (χ1) is 7.45. The molecule has 0 amide bonds. The van der Waals surface area contributed by atoms with Gasteiger partial charge in [-0.2, -0.15) is 0 Å². The number of fused-ring (bicyclic) bond motifs is 1. The number of rotatable bonds is 2. The first-order valence-electron chi connectivity index (χ1n) is 5.45. The minimum atomic E-state index is -0.811. The molecule has 86 valence electrons. The normalized spacial score (nSPS) is 12.3. The predicted octanol–water partition coefficient (Wildman–Crippen LogP) is 3.65. The molecule has 0 saturated heterocycles. The van der Waals surface area contributed by atoms with Gasteiger partial charge in [0.2, 0.25) is 0 Å². The van der Waals surface area contributed by atoms with Crippen molar-refractivity contribution in [2.24, 2.45) is 0 Å². The number of aromatic nitrogens is 1. The first kappa shape index (κ1) is 11.7. The monoisotopic (exact) mass is 281 g/mol. The number of benzene rings is 1. The molecule has 1 N–H and O–H groups in total. The molecule has 2 rings (SSSR count). The Labute approximate surface area is 104 Å². The largest absolute Gasteiger partial charge is 0.384 e. The molecule has 0 radical (unpaired) electrons. The van der Waals surface area contributed by atoms with E-state index in [0.717, 1.165) is 27.6 Å². The molecule has 0 unspecified atom stereocenters. The molecule has 2 nitrogen and oxygen atoms in total. The van der Waals surface area contributed by atoms with Gasteiger partial charge < -0.3 is 9.67 Å². The van der Waals surface area contributed by atoms with Gasteiger partial charge in [-0.3, -0.25) is 0 Å². The highest BCUT2D eigenvalue weighted by atomic mass is 79.9. The maximum absolute atomic E-state index is 10.2. The van der Waals surface area contributed by atoms with Gasteiger partial charge in [-0.1, -0.05) is 22.0 Å². The first-order valence-corrected chi connectivity index (χ1v) is 6.25. The predicted molar refractivity (Wildman–Crippen MR) is 70.6 cm³/mol. The van der Waals surface area contributed by atoms with Crippen molar-refractivity contribution in [3.05, 3.63) is 34.4 Å². The summed E-state index contributed by atoms with van der Waals surface area (Å²) in [7, 11) is 0. The average molecular weight is 282 g/mol. The maximum Gasteiger partial charge on any atom is 0.0989 e. The third-order valence-electron chi connectivity index (χ3n) is 2.84. The maximum atomic E-state index is 10.2. The van der Waals surface area contributed by atoms with E-state index in [1.807, 2.05) is 26.0 Å². The molecule has 0 saturated carbocycles. The van der Waals surface area contributed by atoms with Crippen LogP contribution in [0.1, 0.15) is 26.5 Å². The van der Waals surface area contributed by atoms with Crippen molar-refractivity contribution in [3.63, 3.8) is 0 Å². The summed E-state index contributed by atoms with van der Waals surface area (Å²) >= 11 is 3.55. The second-order valence-electron chi connectivity index (χ2n) is 4.51. The van der Waals surface area contributed by atoms with E-state index < -0.39 is 5.60 Å². The lowest BCUT2D eigenvalue weighted by Gasteiger charge is -2.20. The Bertz CT molecular complexity index is 522. The van der Waals surface area contributed by atoms with Crippen molar-refractivity contribution in [1.29, 1.82) is 0 Å². The summed E-state index contributed by atoms with van der Waals surface area (Å²) in [5.41, 5.74) is 1.31. The minimum absolute atomic E-state index is 0.811. The standard InChI is InChI=1S/C13H16BrNO/c1-4-15-11-7-5-6-10(14)9(11)8-12(15)13(2,3)16/h5-8,16H,4H2,1-3H3. The molecule has 0 aliphatic heterocycles. The third-order valence-corrected chi connectivity index (χ3v) is 3.53. The summed E-state index contributed by atoms with van der Waals surface area (Å²) in [5, 5.41) is 11.3. The Morgan fingerprint density at radius 1 is 1.38 bits per heavy atom. The molecule has 0 aliphatic carbocycles. The quantitative estimate of drug-likeness (QED) is 0.893. The van der Waals surface area contributed by atoms with Gasteiger partial charge >= 0.3 is 0 Å². The minimum Gasteiger partial charge on any atom is -0.384 e. The van der Waals surface area contributed by atoms with Crippen LogP contribution in [0.4, 0.5) is 0 Å².